The molecule has 2 N–H and O–H groups in total. The molecule has 0 spiro atoms. The molecule has 0 amide bonds. The van der Waals surface area contributed by atoms with E-state index in [0.29, 0.717) is 17.7 Å². The fourth-order valence-electron chi connectivity index (χ4n) is 4.27. The SMILES string of the molecule is CC1(C)Cc2c(ccc(F)c2OC(=O)O)NC1c1cccc(N2CCOCC2)c1. The van der Waals surface area contributed by atoms with E-state index in [9.17, 15) is 9.18 Å². The van der Waals surface area contributed by atoms with Gasteiger partial charge in [-0.3, -0.25) is 0 Å². The fraction of sp³-hybridized carbons (Fsp3) is 0.409. The molecule has 4 rings (SSSR count). The fourth-order valence-corrected chi connectivity index (χ4v) is 4.27. The highest BCUT2D eigenvalue weighted by molar-refractivity contribution is 5.68. The standard InChI is InChI=1S/C22H25FN2O4/c1-22(2)13-16-18(7-6-17(23)19(16)29-21(26)27)24-20(22)14-4-3-5-15(12-14)25-8-10-28-11-9-25/h3-7,12,20,24H,8-11,13H2,1-2H3,(H,26,27). The molecule has 1 atom stereocenters. The van der Waals surface area contributed by atoms with Gasteiger partial charge in [-0.2, -0.15) is 0 Å². The van der Waals surface area contributed by atoms with Gasteiger partial charge < -0.3 is 24.8 Å². The predicted octanol–water partition coefficient (Wildman–Crippen LogP) is 4.45. The van der Waals surface area contributed by atoms with Crippen molar-refractivity contribution >= 4 is 17.5 Å². The van der Waals surface area contributed by atoms with E-state index in [0.717, 1.165) is 37.6 Å². The number of ether oxygens (including phenoxy) is 2. The van der Waals surface area contributed by atoms with Crippen molar-refractivity contribution in [1.82, 2.24) is 0 Å². The molecule has 0 aromatic heterocycles. The first-order chi connectivity index (χ1) is 13.8. The minimum absolute atomic E-state index is 0.0147. The van der Waals surface area contributed by atoms with Crippen LogP contribution < -0.4 is 15.0 Å². The zero-order valence-electron chi connectivity index (χ0n) is 16.6. The summed E-state index contributed by atoms with van der Waals surface area (Å²) in [6.07, 6.45) is -1.03. The summed E-state index contributed by atoms with van der Waals surface area (Å²) in [4.78, 5) is 13.3. The summed E-state index contributed by atoms with van der Waals surface area (Å²) < 4.78 is 24.4. The molecule has 29 heavy (non-hydrogen) atoms. The van der Waals surface area contributed by atoms with Gasteiger partial charge in [0.2, 0.25) is 0 Å². The number of hydrogen-bond acceptors (Lipinski definition) is 5. The molecule has 0 saturated carbocycles. The molecule has 2 aliphatic rings. The third kappa shape index (κ3) is 3.87. The number of anilines is 2. The molecule has 6 nitrogen and oxygen atoms in total. The lowest BCUT2D eigenvalue weighted by atomic mass is 9.72. The first kappa shape index (κ1) is 19.5. The quantitative estimate of drug-likeness (QED) is 0.586. The zero-order chi connectivity index (χ0) is 20.6. The highest BCUT2D eigenvalue weighted by atomic mass is 19.1. The Morgan fingerprint density at radius 2 is 2.03 bits per heavy atom. The van der Waals surface area contributed by atoms with Crippen molar-refractivity contribution in [2.45, 2.75) is 26.3 Å². The summed E-state index contributed by atoms with van der Waals surface area (Å²) >= 11 is 0. The van der Waals surface area contributed by atoms with Crippen LogP contribution >= 0.6 is 0 Å². The lowest BCUT2D eigenvalue weighted by molar-refractivity contribution is 0.122. The Kier molecular flexibility index (Phi) is 5.08. The van der Waals surface area contributed by atoms with Gasteiger partial charge in [0, 0.05) is 30.0 Å². The minimum atomic E-state index is -1.52. The van der Waals surface area contributed by atoms with Crippen LogP contribution in [0.1, 0.15) is 31.0 Å². The van der Waals surface area contributed by atoms with E-state index >= 15 is 0 Å². The van der Waals surface area contributed by atoms with E-state index in [1.165, 1.54) is 6.07 Å². The van der Waals surface area contributed by atoms with Gasteiger partial charge >= 0.3 is 6.16 Å². The van der Waals surface area contributed by atoms with Crippen molar-refractivity contribution in [1.29, 1.82) is 0 Å². The maximum absolute atomic E-state index is 14.2. The Bertz CT molecular complexity index is 925. The number of carbonyl (C=O) groups is 1. The molecule has 2 aromatic carbocycles. The Labute approximate surface area is 169 Å². The lowest BCUT2D eigenvalue weighted by Crippen LogP contribution is -2.37. The van der Waals surface area contributed by atoms with Gasteiger partial charge in [0.25, 0.3) is 0 Å². The summed E-state index contributed by atoms with van der Waals surface area (Å²) in [6.45, 7) is 7.35. The number of benzene rings is 2. The first-order valence-electron chi connectivity index (χ1n) is 9.76. The summed E-state index contributed by atoms with van der Waals surface area (Å²) in [5.41, 5.74) is 3.25. The maximum Gasteiger partial charge on any atom is 0.511 e. The molecular weight excluding hydrogens is 375 g/mol. The van der Waals surface area contributed by atoms with E-state index in [4.69, 9.17) is 14.6 Å². The van der Waals surface area contributed by atoms with Gasteiger partial charge in [-0.25, -0.2) is 9.18 Å². The number of fused-ring (bicyclic) bond motifs is 1. The van der Waals surface area contributed by atoms with Crippen molar-refractivity contribution in [2.75, 3.05) is 36.5 Å². The number of halogens is 1. The molecule has 2 heterocycles. The third-order valence-electron chi connectivity index (χ3n) is 5.70. The van der Waals surface area contributed by atoms with Crippen LogP contribution in [0.25, 0.3) is 0 Å². The van der Waals surface area contributed by atoms with Gasteiger partial charge in [-0.1, -0.05) is 26.0 Å². The molecule has 1 saturated heterocycles. The molecular formula is C22H25FN2O4. The first-order valence-corrected chi connectivity index (χ1v) is 9.76. The summed E-state index contributed by atoms with van der Waals surface area (Å²) in [5, 5.41) is 12.5. The Morgan fingerprint density at radius 3 is 2.76 bits per heavy atom. The van der Waals surface area contributed by atoms with Gasteiger partial charge in [0.1, 0.15) is 0 Å². The predicted molar refractivity (Wildman–Crippen MR) is 108 cm³/mol. The second-order valence-corrected chi connectivity index (χ2v) is 8.21. The van der Waals surface area contributed by atoms with Gasteiger partial charge in [0.05, 0.1) is 19.3 Å². The van der Waals surface area contributed by atoms with E-state index in [1.54, 1.807) is 6.07 Å². The second kappa shape index (κ2) is 7.55. The van der Waals surface area contributed by atoms with Crippen LogP contribution in [0.3, 0.4) is 0 Å². The Balaban J connectivity index is 1.68. The number of morpholine rings is 1. The van der Waals surface area contributed by atoms with Crippen LogP contribution in [0, 0.1) is 11.2 Å². The van der Waals surface area contributed by atoms with Gasteiger partial charge in [-0.15, -0.1) is 0 Å². The Hall–Kier alpha value is -2.80. The number of hydrogen-bond donors (Lipinski definition) is 2. The van der Waals surface area contributed by atoms with Crippen LogP contribution in [-0.4, -0.2) is 37.6 Å². The van der Waals surface area contributed by atoms with Crippen molar-refractivity contribution in [2.24, 2.45) is 5.41 Å². The van der Waals surface area contributed by atoms with Gasteiger partial charge in [-0.05, 0) is 41.7 Å². The molecule has 0 radical (unpaired) electrons. The highest BCUT2D eigenvalue weighted by Crippen LogP contribution is 2.48. The largest absolute Gasteiger partial charge is 0.511 e. The van der Waals surface area contributed by atoms with E-state index in [2.05, 4.69) is 48.3 Å². The van der Waals surface area contributed by atoms with E-state index in [-0.39, 0.29) is 17.2 Å². The molecule has 0 aliphatic carbocycles. The Morgan fingerprint density at radius 1 is 1.28 bits per heavy atom. The van der Waals surface area contributed by atoms with Crippen LogP contribution in [-0.2, 0) is 11.2 Å². The molecule has 1 unspecified atom stereocenters. The van der Waals surface area contributed by atoms with Crippen molar-refractivity contribution < 1.29 is 23.8 Å². The van der Waals surface area contributed by atoms with Crippen molar-refractivity contribution in [3.63, 3.8) is 0 Å². The van der Waals surface area contributed by atoms with Crippen LogP contribution in [0.5, 0.6) is 5.75 Å². The average molecular weight is 400 g/mol. The average Bonchev–Trinajstić information content (AvgIpc) is 2.70. The molecule has 7 heteroatoms. The van der Waals surface area contributed by atoms with Crippen molar-refractivity contribution in [3.8, 4) is 5.75 Å². The molecule has 2 aromatic rings. The highest BCUT2D eigenvalue weighted by Gasteiger charge is 2.38. The number of carboxylic acid groups (broad SMARTS) is 1. The molecule has 1 fully saturated rings. The zero-order valence-corrected chi connectivity index (χ0v) is 16.6. The summed E-state index contributed by atoms with van der Waals surface area (Å²) in [7, 11) is 0. The normalized spacial score (nSPS) is 20.5. The monoisotopic (exact) mass is 400 g/mol. The summed E-state index contributed by atoms with van der Waals surface area (Å²) in [6, 6.07) is 11.3. The molecule has 2 aliphatic heterocycles. The van der Waals surface area contributed by atoms with E-state index in [1.807, 2.05) is 0 Å². The maximum atomic E-state index is 14.2. The number of nitrogens with one attached hydrogen (secondary N) is 1. The van der Waals surface area contributed by atoms with Crippen LogP contribution in [0.2, 0.25) is 0 Å². The van der Waals surface area contributed by atoms with Gasteiger partial charge in [0.15, 0.2) is 11.6 Å². The number of nitrogens with zero attached hydrogens (tertiary/aromatic N) is 1. The van der Waals surface area contributed by atoms with Crippen molar-refractivity contribution in [3.05, 3.63) is 53.3 Å². The van der Waals surface area contributed by atoms with E-state index < -0.39 is 12.0 Å². The minimum Gasteiger partial charge on any atom is -0.449 e. The topological polar surface area (TPSA) is 71.0 Å². The van der Waals surface area contributed by atoms with Crippen LogP contribution in [0.15, 0.2) is 36.4 Å². The second-order valence-electron chi connectivity index (χ2n) is 8.21. The lowest BCUT2D eigenvalue weighted by Gasteiger charge is -2.42. The molecule has 154 valence electrons. The smallest absolute Gasteiger partial charge is 0.449 e. The van der Waals surface area contributed by atoms with Crippen LogP contribution in [0.4, 0.5) is 20.6 Å². The third-order valence-corrected chi connectivity index (χ3v) is 5.70. The summed E-state index contributed by atoms with van der Waals surface area (Å²) in [5.74, 6) is -0.882. The molecule has 0 bridgehead atoms. The number of rotatable bonds is 3.